The van der Waals surface area contributed by atoms with Crippen molar-refractivity contribution >= 4 is 39.9 Å². The fourth-order valence-electron chi connectivity index (χ4n) is 2.79. The first-order chi connectivity index (χ1) is 12.0. The summed E-state index contributed by atoms with van der Waals surface area (Å²) in [4.78, 5) is 6.92. The van der Waals surface area contributed by atoms with E-state index in [1.165, 1.54) is 0 Å². The van der Waals surface area contributed by atoms with Gasteiger partial charge in [-0.1, -0.05) is 23.2 Å². The molecule has 3 rings (SSSR count). The van der Waals surface area contributed by atoms with E-state index in [1.54, 1.807) is 0 Å². The quantitative estimate of drug-likeness (QED) is 0.814. The van der Waals surface area contributed by atoms with Crippen LogP contribution in [-0.4, -0.2) is 55.4 Å². The zero-order valence-corrected chi connectivity index (χ0v) is 16.0. The van der Waals surface area contributed by atoms with Gasteiger partial charge in [-0.2, -0.15) is 0 Å². The zero-order valence-electron chi connectivity index (χ0n) is 14.5. The molecular weight excluding hydrogens is 361 g/mol. The van der Waals surface area contributed by atoms with Crippen LogP contribution in [0.5, 0.6) is 5.75 Å². The van der Waals surface area contributed by atoms with Crippen LogP contribution in [0.15, 0.2) is 18.2 Å². The molecular formula is C18H23Cl2N3O2. The number of ether oxygens (including phenoxy) is 2. The predicted molar refractivity (Wildman–Crippen MR) is 103 cm³/mol. The van der Waals surface area contributed by atoms with Gasteiger partial charge in [0.1, 0.15) is 23.2 Å². The van der Waals surface area contributed by atoms with Crippen LogP contribution in [0.2, 0.25) is 10.0 Å². The van der Waals surface area contributed by atoms with Crippen LogP contribution < -0.4 is 10.1 Å². The minimum atomic E-state index is 0.257. The lowest BCUT2D eigenvalue weighted by Gasteiger charge is -2.26. The number of benzene rings is 1. The van der Waals surface area contributed by atoms with Gasteiger partial charge in [0, 0.05) is 31.1 Å². The van der Waals surface area contributed by atoms with Crippen LogP contribution in [-0.2, 0) is 4.74 Å². The van der Waals surface area contributed by atoms with Crippen LogP contribution in [0, 0.1) is 0 Å². The standard InChI is InChI=1S/C18H23Cl2N3O2/c1-12(2)21-16-11-14(19)13-3-4-15(17(20)18(13)22-16)25-10-7-23-5-8-24-9-6-23/h3-4,11-12H,5-10H2,1-2H3,(H,21,22). The Morgan fingerprint density at radius 1 is 1.28 bits per heavy atom. The Hall–Kier alpha value is -1.27. The number of aromatic nitrogens is 1. The molecule has 0 unspecified atom stereocenters. The van der Waals surface area contributed by atoms with E-state index < -0.39 is 0 Å². The lowest BCUT2D eigenvalue weighted by molar-refractivity contribution is 0.0322. The van der Waals surface area contributed by atoms with Gasteiger partial charge in [-0.25, -0.2) is 4.98 Å². The van der Waals surface area contributed by atoms with Gasteiger partial charge in [0.05, 0.1) is 23.8 Å². The van der Waals surface area contributed by atoms with Crippen LogP contribution in [0.3, 0.4) is 0 Å². The fourth-order valence-corrected chi connectivity index (χ4v) is 3.31. The summed E-state index contributed by atoms with van der Waals surface area (Å²) in [5, 5.41) is 5.19. The van der Waals surface area contributed by atoms with E-state index in [9.17, 15) is 0 Å². The van der Waals surface area contributed by atoms with E-state index in [2.05, 4.69) is 15.2 Å². The molecule has 25 heavy (non-hydrogen) atoms. The molecule has 136 valence electrons. The summed E-state index contributed by atoms with van der Waals surface area (Å²) >= 11 is 12.9. The molecule has 0 atom stereocenters. The Kier molecular flexibility index (Phi) is 6.23. The van der Waals surface area contributed by atoms with E-state index in [-0.39, 0.29) is 6.04 Å². The molecule has 1 N–H and O–H groups in total. The zero-order chi connectivity index (χ0) is 17.8. The predicted octanol–water partition coefficient (Wildman–Crippen LogP) is 4.07. The van der Waals surface area contributed by atoms with Gasteiger partial charge in [0.2, 0.25) is 0 Å². The number of halogens is 2. The number of anilines is 1. The Bertz CT molecular complexity index is 734. The SMILES string of the molecule is CC(C)Nc1cc(Cl)c2ccc(OCCN3CCOCC3)c(Cl)c2n1. The van der Waals surface area contributed by atoms with Crippen molar-refractivity contribution in [2.45, 2.75) is 19.9 Å². The first-order valence-corrected chi connectivity index (χ1v) is 9.28. The van der Waals surface area contributed by atoms with Crippen LogP contribution >= 0.6 is 23.2 Å². The van der Waals surface area contributed by atoms with Crippen molar-refractivity contribution < 1.29 is 9.47 Å². The summed E-state index contributed by atoms with van der Waals surface area (Å²) in [7, 11) is 0. The van der Waals surface area contributed by atoms with E-state index in [4.69, 9.17) is 32.7 Å². The summed E-state index contributed by atoms with van der Waals surface area (Å²) < 4.78 is 11.2. The molecule has 0 aliphatic carbocycles. The molecule has 1 aromatic heterocycles. The number of fused-ring (bicyclic) bond motifs is 1. The molecule has 0 amide bonds. The van der Waals surface area contributed by atoms with Gasteiger partial charge in [-0.05, 0) is 32.0 Å². The second kappa shape index (κ2) is 8.41. The molecule has 5 nitrogen and oxygen atoms in total. The van der Waals surface area contributed by atoms with Crippen molar-refractivity contribution in [2.24, 2.45) is 0 Å². The topological polar surface area (TPSA) is 46.6 Å². The number of pyridine rings is 1. The third-order valence-electron chi connectivity index (χ3n) is 4.04. The maximum atomic E-state index is 6.54. The highest BCUT2D eigenvalue weighted by atomic mass is 35.5. The van der Waals surface area contributed by atoms with E-state index in [0.717, 1.165) is 38.2 Å². The van der Waals surface area contributed by atoms with Crippen LogP contribution in [0.25, 0.3) is 10.9 Å². The molecule has 0 saturated carbocycles. The maximum absolute atomic E-state index is 6.54. The van der Waals surface area contributed by atoms with Gasteiger partial charge in [0.25, 0.3) is 0 Å². The van der Waals surface area contributed by atoms with Crippen molar-refractivity contribution in [1.82, 2.24) is 9.88 Å². The van der Waals surface area contributed by atoms with Crippen molar-refractivity contribution in [3.8, 4) is 5.75 Å². The number of nitrogens with zero attached hydrogens (tertiary/aromatic N) is 2. The third-order valence-corrected chi connectivity index (χ3v) is 4.72. The van der Waals surface area contributed by atoms with Gasteiger partial charge < -0.3 is 14.8 Å². The Morgan fingerprint density at radius 2 is 2.04 bits per heavy atom. The lowest BCUT2D eigenvalue weighted by Crippen LogP contribution is -2.38. The number of morpholine rings is 1. The molecule has 1 aromatic carbocycles. The Balaban J connectivity index is 1.75. The van der Waals surface area contributed by atoms with Crippen molar-refractivity contribution in [3.05, 3.63) is 28.2 Å². The van der Waals surface area contributed by atoms with Crippen molar-refractivity contribution in [3.63, 3.8) is 0 Å². The minimum absolute atomic E-state index is 0.257. The van der Waals surface area contributed by atoms with Crippen LogP contribution in [0.1, 0.15) is 13.8 Å². The lowest BCUT2D eigenvalue weighted by atomic mass is 10.2. The molecule has 1 aliphatic heterocycles. The van der Waals surface area contributed by atoms with Gasteiger partial charge in [-0.15, -0.1) is 0 Å². The molecule has 0 bridgehead atoms. The highest BCUT2D eigenvalue weighted by Crippen LogP contribution is 2.36. The highest BCUT2D eigenvalue weighted by molar-refractivity contribution is 6.40. The molecule has 2 aromatic rings. The van der Waals surface area contributed by atoms with E-state index >= 15 is 0 Å². The molecule has 0 spiro atoms. The summed E-state index contributed by atoms with van der Waals surface area (Å²) in [5.74, 6) is 1.34. The van der Waals surface area contributed by atoms with Crippen LogP contribution in [0.4, 0.5) is 5.82 Å². The highest BCUT2D eigenvalue weighted by Gasteiger charge is 2.14. The second-order valence-corrected chi connectivity index (χ2v) is 7.15. The smallest absolute Gasteiger partial charge is 0.140 e. The number of rotatable bonds is 6. The molecule has 1 saturated heterocycles. The summed E-state index contributed by atoms with van der Waals surface area (Å²) in [6.07, 6.45) is 0. The molecule has 0 radical (unpaired) electrons. The van der Waals surface area contributed by atoms with E-state index in [1.807, 2.05) is 32.0 Å². The summed E-state index contributed by atoms with van der Waals surface area (Å²) in [6.45, 7) is 8.96. The van der Waals surface area contributed by atoms with Gasteiger partial charge in [0.15, 0.2) is 0 Å². The average Bonchev–Trinajstić information content (AvgIpc) is 2.58. The molecule has 2 heterocycles. The Labute approximate surface area is 158 Å². The normalized spacial score (nSPS) is 15.7. The summed E-state index contributed by atoms with van der Waals surface area (Å²) in [6, 6.07) is 5.83. The summed E-state index contributed by atoms with van der Waals surface area (Å²) in [5.41, 5.74) is 0.654. The van der Waals surface area contributed by atoms with Crippen molar-refractivity contribution in [1.29, 1.82) is 0 Å². The largest absolute Gasteiger partial charge is 0.491 e. The number of hydrogen-bond donors (Lipinski definition) is 1. The number of nitrogens with one attached hydrogen (secondary N) is 1. The van der Waals surface area contributed by atoms with Gasteiger partial charge in [-0.3, -0.25) is 4.90 Å². The molecule has 1 aliphatic rings. The monoisotopic (exact) mass is 383 g/mol. The third kappa shape index (κ3) is 4.67. The molecule has 7 heteroatoms. The van der Waals surface area contributed by atoms with E-state index in [0.29, 0.717) is 33.7 Å². The van der Waals surface area contributed by atoms with Crippen molar-refractivity contribution in [2.75, 3.05) is 44.8 Å². The Morgan fingerprint density at radius 3 is 2.76 bits per heavy atom. The first-order valence-electron chi connectivity index (χ1n) is 8.53. The number of hydrogen-bond acceptors (Lipinski definition) is 5. The minimum Gasteiger partial charge on any atom is -0.491 e. The fraction of sp³-hybridized carbons (Fsp3) is 0.500. The molecule has 1 fully saturated rings. The maximum Gasteiger partial charge on any atom is 0.140 e. The average molecular weight is 384 g/mol. The van der Waals surface area contributed by atoms with Gasteiger partial charge >= 0.3 is 0 Å². The second-order valence-electron chi connectivity index (χ2n) is 6.36. The first kappa shape index (κ1) is 18.5.